The van der Waals surface area contributed by atoms with E-state index in [4.69, 9.17) is 4.74 Å². The zero-order valence-electron chi connectivity index (χ0n) is 14.2. The minimum Gasteiger partial charge on any atom is -0.497 e. The number of thiazole rings is 1. The van der Waals surface area contributed by atoms with Crippen molar-refractivity contribution in [3.05, 3.63) is 39.8 Å². The molecule has 1 aromatic carbocycles. The van der Waals surface area contributed by atoms with E-state index in [-0.39, 0.29) is 5.91 Å². The Balaban J connectivity index is 1.65. The molecule has 5 nitrogen and oxygen atoms in total. The molecule has 0 bridgehead atoms. The standard InChI is InChI=1S/C18H23N3O2S/c1-13-17(18(22)20-14-6-8-15(23-2)9-7-14)24-16(19-13)12-21-10-4-3-5-11-21/h6-9H,3-5,10-12H2,1-2H3,(H,20,22). The number of anilines is 1. The van der Waals surface area contributed by atoms with Gasteiger partial charge in [0.25, 0.3) is 5.91 Å². The average molecular weight is 345 g/mol. The van der Waals surface area contributed by atoms with Gasteiger partial charge in [-0.1, -0.05) is 6.42 Å². The minimum absolute atomic E-state index is 0.0972. The van der Waals surface area contributed by atoms with Gasteiger partial charge in [-0.05, 0) is 57.1 Å². The molecule has 0 radical (unpaired) electrons. The van der Waals surface area contributed by atoms with E-state index in [0.29, 0.717) is 4.88 Å². The van der Waals surface area contributed by atoms with E-state index in [0.717, 1.165) is 41.8 Å². The number of rotatable bonds is 5. The SMILES string of the molecule is COc1ccc(NC(=O)c2sc(CN3CCCCC3)nc2C)cc1. The molecule has 3 rings (SSSR count). The van der Waals surface area contributed by atoms with E-state index in [2.05, 4.69) is 15.2 Å². The molecule has 0 atom stereocenters. The van der Waals surface area contributed by atoms with Crippen molar-refractivity contribution in [2.24, 2.45) is 0 Å². The van der Waals surface area contributed by atoms with Crippen LogP contribution in [0.25, 0.3) is 0 Å². The Hall–Kier alpha value is -1.92. The van der Waals surface area contributed by atoms with Crippen molar-refractivity contribution < 1.29 is 9.53 Å². The summed E-state index contributed by atoms with van der Waals surface area (Å²) in [5.74, 6) is 0.672. The number of nitrogens with one attached hydrogen (secondary N) is 1. The van der Waals surface area contributed by atoms with Gasteiger partial charge in [0.05, 0.1) is 19.3 Å². The Kier molecular flexibility index (Phi) is 5.48. The minimum atomic E-state index is -0.0972. The number of hydrogen-bond acceptors (Lipinski definition) is 5. The predicted molar refractivity (Wildman–Crippen MR) is 96.9 cm³/mol. The average Bonchev–Trinajstić information content (AvgIpc) is 2.97. The van der Waals surface area contributed by atoms with Crippen LogP contribution in [0.15, 0.2) is 24.3 Å². The van der Waals surface area contributed by atoms with Crippen LogP contribution in [0, 0.1) is 6.92 Å². The summed E-state index contributed by atoms with van der Waals surface area (Å²) in [6, 6.07) is 7.33. The second kappa shape index (κ2) is 7.77. The lowest BCUT2D eigenvalue weighted by atomic mass is 10.1. The lowest BCUT2D eigenvalue weighted by Crippen LogP contribution is -2.28. The Morgan fingerprint density at radius 3 is 2.62 bits per heavy atom. The number of carbonyl (C=O) groups excluding carboxylic acids is 1. The van der Waals surface area contributed by atoms with Gasteiger partial charge in [0.2, 0.25) is 0 Å². The molecule has 1 saturated heterocycles. The Morgan fingerprint density at radius 2 is 1.96 bits per heavy atom. The molecular weight excluding hydrogens is 322 g/mol. The summed E-state index contributed by atoms with van der Waals surface area (Å²) in [7, 11) is 1.62. The summed E-state index contributed by atoms with van der Waals surface area (Å²) in [6.07, 6.45) is 3.84. The van der Waals surface area contributed by atoms with Crippen molar-refractivity contribution in [2.45, 2.75) is 32.7 Å². The second-order valence-corrected chi connectivity index (χ2v) is 7.13. The molecule has 128 valence electrons. The van der Waals surface area contributed by atoms with Gasteiger partial charge in [0, 0.05) is 5.69 Å². The maximum absolute atomic E-state index is 12.5. The van der Waals surface area contributed by atoms with Crippen LogP contribution in [0.1, 0.15) is 39.6 Å². The number of ether oxygens (including phenoxy) is 1. The number of piperidine rings is 1. The van der Waals surface area contributed by atoms with Crippen LogP contribution in [-0.4, -0.2) is 36.0 Å². The number of likely N-dealkylation sites (tertiary alicyclic amines) is 1. The predicted octanol–water partition coefficient (Wildman–Crippen LogP) is 3.70. The molecule has 1 fully saturated rings. The first kappa shape index (κ1) is 16.9. The van der Waals surface area contributed by atoms with Gasteiger partial charge in [-0.2, -0.15) is 0 Å². The molecule has 2 aromatic rings. The normalized spacial score (nSPS) is 15.2. The highest BCUT2D eigenvalue weighted by Gasteiger charge is 2.18. The number of amides is 1. The highest BCUT2D eigenvalue weighted by Crippen LogP contribution is 2.23. The fourth-order valence-electron chi connectivity index (χ4n) is 2.90. The maximum Gasteiger partial charge on any atom is 0.267 e. The van der Waals surface area contributed by atoms with Gasteiger partial charge in [0.1, 0.15) is 15.6 Å². The van der Waals surface area contributed by atoms with Gasteiger partial charge in [-0.15, -0.1) is 11.3 Å². The zero-order chi connectivity index (χ0) is 16.9. The van der Waals surface area contributed by atoms with Crippen LogP contribution in [-0.2, 0) is 6.54 Å². The summed E-state index contributed by atoms with van der Waals surface area (Å²) in [6.45, 7) is 5.01. The van der Waals surface area contributed by atoms with Crippen molar-refractivity contribution in [1.82, 2.24) is 9.88 Å². The van der Waals surface area contributed by atoms with E-state index in [9.17, 15) is 4.79 Å². The van der Waals surface area contributed by atoms with Crippen LogP contribution in [0.3, 0.4) is 0 Å². The molecule has 0 saturated carbocycles. The van der Waals surface area contributed by atoms with E-state index < -0.39 is 0 Å². The smallest absolute Gasteiger partial charge is 0.267 e. The van der Waals surface area contributed by atoms with E-state index in [1.165, 1.54) is 30.6 Å². The fraction of sp³-hybridized carbons (Fsp3) is 0.444. The lowest BCUT2D eigenvalue weighted by molar-refractivity contribution is 0.103. The number of carbonyl (C=O) groups is 1. The number of benzene rings is 1. The van der Waals surface area contributed by atoms with E-state index >= 15 is 0 Å². The third-order valence-corrected chi connectivity index (χ3v) is 5.34. The maximum atomic E-state index is 12.5. The number of aromatic nitrogens is 1. The molecule has 1 amide bonds. The second-order valence-electron chi connectivity index (χ2n) is 6.04. The van der Waals surface area contributed by atoms with Gasteiger partial charge < -0.3 is 10.1 Å². The van der Waals surface area contributed by atoms with Crippen molar-refractivity contribution in [3.63, 3.8) is 0 Å². The topological polar surface area (TPSA) is 54.5 Å². The number of hydrogen-bond donors (Lipinski definition) is 1. The Labute approximate surface area is 146 Å². The molecule has 0 spiro atoms. The molecule has 1 aliphatic rings. The first-order valence-electron chi connectivity index (χ1n) is 8.30. The van der Waals surface area contributed by atoms with Crippen molar-refractivity contribution in [1.29, 1.82) is 0 Å². The van der Waals surface area contributed by atoms with Crippen LogP contribution in [0.2, 0.25) is 0 Å². The van der Waals surface area contributed by atoms with Crippen molar-refractivity contribution in [3.8, 4) is 5.75 Å². The highest BCUT2D eigenvalue weighted by molar-refractivity contribution is 7.13. The van der Waals surface area contributed by atoms with Crippen LogP contribution < -0.4 is 10.1 Å². The quantitative estimate of drug-likeness (QED) is 0.898. The van der Waals surface area contributed by atoms with Gasteiger partial charge in [0.15, 0.2) is 0 Å². The fourth-order valence-corrected chi connectivity index (χ4v) is 3.90. The molecule has 1 aliphatic heterocycles. The zero-order valence-corrected chi connectivity index (χ0v) is 15.0. The summed E-state index contributed by atoms with van der Waals surface area (Å²) in [5.41, 5.74) is 1.56. The number of methoxy groups -OCH3 is 1. The first-order chi connectivity index (χ1) is 11.7. The first-order valence-corrected chi connectivity index (χ1v) is 9.11. The lowest BCUT2D eigenvalue weighted by Gasteiger charge is -2.25. The molecular formula is C18H23N3O2S. The monoisotopic (exact) mass is 345 g/mol. The number of aryl methyl sites for hydroxylation is 1. The molecule has 2 heterocycles. The number of nitrogens with zero attached hydrogens (tertiary/aromatic N) is 2. The highest BCUT2D eigenvalue weighted by atomic mass is 32.1. The van der Waals surface area contributed by atoms with Gasteiger partial charge in [-0.25, -0.2) is 4.98 Å². The Bertz CT molecular complexity index is 691. The third kappa shape index (κ3) is 4.13. The summed E-state index contributed by atoms with van der Waals surface area (Å²) < 4.78 is 5.13. The van der Waals surface area contributed by atoms with Gasteiger partial charge >= 0.3 is 0 Å². The van der Waals surface area contributed by atoms with Crippen LogP contribution in [0.5, 0.6) is 5.75 Å². The summed E-state index contributed by atoms with van der Waals surface area (Å²) in [4.78, 5) is 20.2. The molecule has 0 unspecified atom stereocenters. The van der Waals surface area contributed by atoms with Crippen LogP contribution in [0.4, 0.5) is 5.69 Å². The van der Waals surface area contributed by atoms with E-state index in [1.807, 2.05) is 31.2 Å². The molecule has 6 heteroatoms. The molecule has 1 N–H and O–H groups in total. The van der Waals surface area contributed by atoms with Crippen molar-refractivity contribution in [2.75, 3.05) is 25.5 Å². The molecule has 1 aromatic heterocycles. The van der Waals surface area contributed by atoms with Crippen LogP contribution >= 0.6 is 11.3 Å². The van der Waals surface area contributed by atoms with E-state index in [1.54, 1.807) is 7.11 Å². The van der Waals surface area contributed by atoms with Crippen molar-refractivity contribution >= 4 is 22.9 Å². The third-order valence-electron chi connectivity index (χ3n) is 4.20. The molecule has 0 aliphatic carbocycles. The summed E-state index contributed by atoms with van der Waals surface area (Å²) in [5, 5.41) is 3.95. The summed E-state index contributed by atoms with van der Waals surface area (Å²) >= 11 is 1.50. The molecule has 24 heavy (non-hydrogen) atoms. The van der Waals surface area contributed by atoms with Gasteiger partial charge in [-0.3, -0.25) is 9.69 Å². The Morgan fingerprint density at radius 1 is 1.25 bits per heavy atom. The largest absolute Gasteiger partial charge is 0.497 e.